The number of aromatic nitrogens is 1. The van der Waals surface area contributed by atoms with Crippen molar-refractivity contribution in [3.8, 4) is 11.1 Å². The van der Waals surface area contributed by atoms with E-state index in [2.05, 4.69) is 121 Å². The number of hydrogen-bond donors (Lipinski definition) is 1. The van der Waals surface area contributed by atoms with Crippen molar-refractivity contribution in [3.05, 3.63) is 162 Å². The van der Waals surface area contributed by atoms with Crippen molar-refractivity contribution in [2.24, 2.45) is 9.98 Å². The molecule has 1 N–H and O–H groups in total. The van der Waals surface area contributed by atoms with Crippen molar-refractivity contribution in [1.82, 2.24) is 10.3 Å². The first-order valence-corrected chi connectivity index (χ1v) is 16.8. The molecule has 1 aliphatic heterocycles. The van der Waals surface area contributed by atoms with Crippen LogP contribution in [0.25, 0.3) is 64.1 Å². The van der Waals surface area contributed by atoms with Gasteiger partial charge in [0.2, 0.25) is 5.71 Å². The lowest BCUT2D eigenvalue weighted by molar-refractivity contribution is 0.655. The fraction of sp³-hybridized carbons (Fsp3) is 0.0238. The van der Waals surface area contributed by atoms with E-state index in [4.69, 9.17) is 19.4 Å². The first-order valence-electron chi connectivity index (χ1n) is 16.0. The summed E-state index contributed by atoms with van der Waals surface area (Å²) < 4.78 is 9.18. The number of hydrogen-bond acceptors (Lipinski definition) is 6. The van der Waals surface area contributed by atoms with Crippen LogP contribution in [-0.2, 0) is 0 Å². The third-order valence-electron chi connectivity index (χ3n) is 9.21. The summed E-state index contributed by atoms with van der Waals surface area (Å²) in [7, 11) is 0. The molecular weight excluding hydrogens is 609 g/mol. The highest BCUT2D eigenvalue weighted by molar-refractivity contribution is 7.25. The molecule has 0 aliphatic carbocycles. The number of nitrogens with one attached hydrogen (secondary N) is 1. The fourth-order valence-electron chi connectivity index (χ4n) is 6.98. The number of benzene rings is 6. The van der Waals surface area contributed by atoms with Gasteiger partial charge in [-0.1, -0.05) is 115 Å². The van der Waals surface area contributed by atoms with E-state index < -0.39 is 0 Å². The number of furan rings is 1. The highest BCUT2D eigenvalue weighted by Gasteiger charge is 2.25. The number of para-hydroxylation sites is 1. The Morgan fingerprint density at radius 1 is 0.604 bits per heavy atom. The van der Waals surface area contributed by atoms with E-state index in [1.54, 1.807) is 6.20 Å². The third-order valence-corrected chi connectivity index (χ3v) is 10.3. The molecule has 226 valence electrons. The van der Waals surface area contributed by atoms with Gasteiger partial charge in [-0.05, 0) is 46.2 Å². The largest absolute Gasteiger partial charge is 0.437 e. The van der Waals surface area contributed by atoms with Crippen LogP contribution in [0.3, 0.4) is 0 Å². The molecule has 0 bridgehead atoms. The fourth-order valence-corrected chi connectivity index (χ4v) is 8.11. The monoisotopic (exact) mass is 634 g/mol. The maximum atomic E-state index is 6.65. The molecule has 10 rings (SSSR count). The molecule has 6 aromatic carbocycles. The van der Waals surface area contributed by atoms with E-state index >= 15 is 0 Å². The predicted octanol–water partition coefficient (Wildman–Crippen LogP) is 10.7. The third kappa shape index (κ3) is 4.27. The van der Waals surface area contributed by atoms with Gasteiger partial charge in [0.25, 0.3) is 0 Å². The highest BCUT2D eigenvalue weighted by Crippen LogP contribution is 2.43. The Kier molecular flexibility index (Phi) is 6.04. The Morgan fingerprint density at radius 3 is 2.31 bits per heavy atom. The van der Waals surface area contributed by atoms with E-state index in [-0.39, 0.29) is 6.17 Å². The van der Waals surface area contributed by atoms with Crippen LogP contribution in [0.2, 0.25) is 0 Å². The summed E-state index contributed by atoms with van der Waals surface area (Å²) in [5.74, 6) is 1.41. The molecule has 3 aromatic heterocycles. The summed E-state index contributed by atoms with van der Waals surface area (Å²) in [5.41, 5.74) is 6.51. The molecule has 1 aliphatic rings. The smallest absolute Gasteiger partial charge is 0.228 e. The van der Waals surface area contributed by atoms with E-state index in [1.165, 1.54) is 25.6 Å². The SMILES string of the molecule is c1ccc(C2N=C(c3ccnc4oc5c(-c6cccc7sc8ccccc8c67)cccc5c34)N=C(c3ccc4ccccc4c3)N2)cc1. The van der Waals surface area contributed by atoms with Crippen LogP contribution < -0.4 is 5.32 Å². The van der Waals surface area contributed by atoms with Gasteiger partial charge in [-0.2, -0.15) is 0 Å². The Labute approximate surface area is 279 Å². The van der Waals surface area contributed by atoms with Crippen molar-refractivity contribution in [2.45, 2.75) is 6.17 Å². The van der Waals surface area contributed by atoms with Crippen LogP contribution >= 0.6 is 11.3 Å². The zero-order valence-corrected chi connectivity index (χ0v) is 26.4. The average molecular weight is 635 g/mol. The predicted molar refractivity (Wildman–Crippen MR) is 199 cm³/mol. The van der Waals surface area contributed by atoms with Gasteiger partial charge in [-0.25, -0.2) is 15.0 Å². The van der Waals surface area contributed by atoms with Crippen molar-refractivity contribution in [3.63, 3.8) is 0 Å². The first-order chi connectivity index (χ1) is 23.8. The highest BCUT2D eigenvalue weighted by atomic mass is 32.1. The van der Waals surface area contributed by atoms with E-state index in [0.29, 0.717) is 11.5 Å². The van der Waals surface area contributed by atoms with Crippen LogP contribution in [0.5, 0.6) is 0 Å². The van der Waals surface area contributed by atoms with Crippen molar-refractivity contribution >= 4 is 76.0 Å². The summed E-state index contributed by atoms with van der Waals surface area (Å²) in [6, 6.07) is 48.6. The molecule has 4 heterocycles. The second-order valence-corrected chi connectivity index (χ2v) is 13.1. The summed E-state index contributed by atoms with van der Waals surface area (Å²) in [6.45, 7) is 0. The zero-order chi connectivity index (χ0) is 31.6. The van der Waals surface area contributed by atoms with E-state index in [1.807, 2.05) is 35.6 Å². The molecule has 1 unspecified atom stereocenters. The minimum absolute atomic E-state index is 0.318. The van der Waals surface area contributed by atoms with Gasteiger partial charge in [-0.3, -0.25) is 0 Å². The van der Waals surface area contributed by atoms with Gasteiger partial charge >= 0.3 is 0 Å². The molecule has 0 spiro atoms. The first kappa shape index (κ1) is 27.0. The lowest BCUT2D eigenvalue weighted by atomic mass is 9.97. The van der Waals surface area contributed by atoms with Crippen LogP contribution in [0.15, 0.2) is 160 Å². The lowest BCUT2D eigenvalue weighted by Gasteiger charge is -2.24. The quantitative estimate of drug-likeness (QED) is 0.210. The zero-order valence-electron chi connectivity index (χ0n) is 25.6. The summed E-state index contributed by atoms with van der Waals surface area (Å²) in [5, 5.41) is 10.4. The molecule has 1 atom stereocenters. The standard InChI is InChI=1S/C42H26N4OS/c1-2-11-26(12-3-1)39-44-40(28-21-20-25-10-4-5-13-27(25)24-28)46-41(45-39)33-22-23-43-42-37(33)32-17-8-16-30(38(32)47-42)29-15-9-19-35-36(29)31-14-6-7-18-34(31)48-35/h1-24,39H,(H,44,45,46). The normalized spacial score (nSPS) is 14.9. The maximum absolute atomic E-state index is 6.65. The second-order valence-electron chi connectivity index (χ2n) is 12.0. The van der Waals surface area contributed by atoms with Gasteiger partial charge in [0, 0.05) is 48.4 Å². The molecule has 5 nitrogen and oxygen atoms in total. The Morgan fingerprint density at radius 2 is 1.38 bits per heavy atom. The van der Waals surface area contributed by atoms with E-state index in [0.717, 1.165) is 55.4 Å². The number of thiophene rings is 1. The molecule has 0 saturated carbocycles. The number of fused-ring (bicyclic) bond motifs is 7. The lowest BCUT2D eigenvalue weighted by Crippen LogP contribution is -2.33. The molecule has 6 heteroatoms. The molecule has 0 saturated heterocycles. The topological polar surface area (TPSA) is 62.8 Å². The maximum Gasteiger partial charge on any atom is 0.228 e. The number of amidine groups is 2. The average Bonchev–Trinajstić information content (AvgIpc) is 3.74. The molecule has 0 radical (unpaired) electrons. The van der Waals surface area contributed by atoms with E-state index in [9.17, 15) is 0 Å². The van der Waals surface area contributed by atoms with Gasteiger partial charge in [0.15, 0.2) is 5.84 Å². The Bertz CT molecular complexity index is 2780. The molecule has 0 amide bonds. The summed E-state index contributed by atoms with van der Waals surface area (Å²) in [6.07, 6.45) is 1.47. The number of aliphatic imine (C=N–C) groups is 2. The summed E-state index contributed by atoms with van der Waals surface area (Å²) >= 11 is 1.82. The number of pyridine rings is 1. The minimum Gasteiger partial charge on any atom is -0.437 e. The van der Waals surface area contributed by atoms with Crippen molar-refractivity contribution in [2.75, 3.05) is 0 Å². The van der Waals surface area contributed by atoms with Crippen LogP contribution in [0.1, 0.15) is 22.9 Å². The number of rotatable bonds is 4. The molecule has 48 heavy (non-hydrogen) atoms. The van der Waals surface area contributed by atoms with Gasteiger partial charge in [0.1, 0.15) is 17.6 Å². The van der Waals surface area contributed by atoms with Gasteiger partial charge < -0.3 is 9.73 Å². The molecule has 0 fully saturated rings. The minimum atomic E-state index is -0.318. The van der Waals surface area contributed by atoms with Crippen LogP contribution in [0, 0.1) is 0 Å². The van der Waals surface area contributed by atoms with Gasteiger partial charge in [-0.15, -0.1) is 11.3 Å². The van der Waals surface area contributed by atoms with Gasteiger partial charge in [0.05, 0.1) is 5.39 Å². The molecular formula is C42H26N4OS. The van der Waals surface area contributed by atoms with Crippen molar-refractivity contribution in [1.29, 1.82) is 0 Å². The van der Waals surface area contributed by atoms with Crippen LogP contribution in [0.4, 0.5) is 0 Å². The van der Waals surface area contributed by atoms with Crippen molar-refractivity contribution < 1.29 is 4.42 Å². The Hall–Kier alpha value is -6.11. The van der Waals surface area contributed by atoms with Crippen LogP contribution in [-0.4, -0.2) is 16.7 Å². The summed E-state index contributed by atoms with van der Waals surface area (Å²) in [4.78, 5) is 15.1. The Balaban J connectivity index is 1.19. The second kappa shape index (κ2) is 10.7. The number of nitrogens with zero attached hydrogens (tertiary/aromatic N) is 3. The molecule has 9 aromatic rings.